The Morgan fingerprint density at radius 2 is 1.73 bits per heavy atom. The van der Waals surface area contributed by atoms with Crippen LogP contribution in [0.3, 0.4) is 0 Å². The molecule has 1 unspecified atom stereocenters. The molecule has 0 amide bonds. The molecule has 4 rings (SSSR count). The molecule has 3 aromatic carbocycles. The fourth-order valence-corrected chi connectivity index (χ4v) is 4.16. The number of benzene rings is 3. The first-order chi connectivity index (χ1) is 14.7. The summed E-state index contributed by atoms with van der Waals surface area (Å²) in [6.45, 7) is 3.90. The van der Waals surface area contributed by atoms with Crippen molar-refractivity contribution in [2.24, 2.45) is 0 Å². The molecule has 0 aliphatic carbocycles. The van der Waals surface area contributed by atoms with Crippen LogP contribution in [0, 0.1) is 6.92 Å². The standard InChI is InChI=1S/C28H31NO/c1-22-15-18-28(30-21-23-10-4-3-5-11-23)27(20-22)26-14-7-6-12-24(26)16-17-25-13-8-9-19-29(25)2/h3-7,10-12,14-18,20,25H,8-9,13,19,21H2,1-2H3. The molecular weight excluding hydrogens is 366 g/mol. The van der Waals surface area contributed by atoms with E-state index in [-0.39, 0.29) is 0 Å². The summed E-state index contributed by atoms with van der Waals surface area (Å²) < 4.78 is 6.27. The Hall–Kier alpha value is -2.84. The van der Waals surface area contributed by atoms with E-state index < -0.39 is 0 Å². The lowest BCUT2D eigenvalue weighted by Crippen LogP contribution is -2.34. The van der Waals surface area contributed by atoms with Gasteiger partial charge in [0.25, 0.3) is 0 Å². The highest BCUT2D eigenvalue weighted by molar-refractivity contribution is 5.79. The monoisotopic (exact) mass is 397 g/mol. The maximum atomic E-state index is 6.27. The number of likely N-dealkylation sites (tertiary alicyclic amines) is 1. The second kappa shape index (κ2) is 9.77. The molecule has 1 aliphatic heterocycles. The molecule has 3 aromatic rings. The van der Waals surface area contributed by atoms with Crippen molar-refractivity contribution in [3.63, 3.8) is 0 Å². The maximum absolute atomic E-state index is 6.27. The molecule has 1 heterocycles. The van der Waals surface area contributed by atoms with Crippen LogP contribution in [0.2, 0.25) is 0 Å². The van der Waals surface area contributed by atoms with Crippen LogP contribution in [0.4, 0.5) is 0 Å². The molecule has 0 N–H and O–H groups in total. The number of likely N-dealkylation sites (N-methyl/N-ethyl adjacent to an activating group) is 1. The van der Waals surface area contributed by atoms with Crippen LogP contribution in [-0.4, -0.2) is 24.5 Å². The van der Waals surface area contributed by atoms with Crippen LogP contribution in [0.1, 0.15) is 36.0 Å². The van der Waals surface area contributed by atoms with Gasteiger partial charge < -0.3 is 4.74 Å². The Kier molecular flexibility index (Phi) is 6.66. The lowest BCUT2D eigenvalue weighted by atomic mass is 9.95. The molecule has 0 radical (unpaired) electrons. The molecular formula is C28H31NO. The second-order valence-electron chi connectivity index (χ2n) is 8.26. The molecule has 1 aliphatic rings. The summed E-state index contributed by atoms with van der Waals surface area (Å²) in [4.78, 5) is 2.46. The van der Waals surface area contributed by atoms with Gasteiger partial charge in [0.1, 0.15) is 12.4 Å². The highest BCUT2D eigenvalue weighted by atomic mass is 16.5. The van der Waals surface area contributed by atoms with Crippen LogP contribution >= 0.6 is 0 Å². The van der Waals surface area contributed by atoms with Crippen LogP contribution in [0.5, 0.6) is 5.75 Å². The molecule has 1 saturated heterocycles. The molecule has 0 aromatic heterocycles. The molecule has 0 bridgehead atoms. The van der Waals surface area contributed by atoms with Gasteiger partial charge in [0.15, 0.2) is 0 Å². The van der Waals surface area contributed by atoms with E-state index in [1.165, 1.54) is 48.1 Å². The Labute approximate surface area is 180 Å². The average Bonchev–Trinajstić information content (AvgIpc) is 2.78. The first-order valence-corrected chi connectivity index (χ1v) is 11.0. The van der Waals surface area contributed by atoms with Crippen molar-refractivity contribution in [3.05, 3.63) is 95.6 Å². The number of rotatable bonds is 6. The Morgan fingerprint density at radius 1 is 0.933 bits per heavy atom. The van der Waals surface area contributed by atoms with Gasteiger partial charge in [-0.05, 0) is 62.2 Å². The van der Waals surface area contributed by atoms with Gasteiger partial charge in [-0.25, -0.2) is 0 Å². The summed E-state index contributed by atoms with van der Waals surface area (Å²) in [5.41, 5.74) is 6.04. The van der Waals surface area contributed by atoms with Crippen LogP contribution in [-0.2, 0) is 6.61 Å². The van der Waals surface area contributed by atoms with Gasteiger partial charge in [0, 0.05) is 11.6 Å². The molecule has 1 atom stereocenters. The minimum atomic E-state index is 0.526. The van der Waals surface area contributed by atoms with Crippen molar-refractivity contribution >= 4 is 6.08 Å². The summed E-state index contributed by atoms with van der Waals surface area (Å²) in [6, 6.07) is 26.0. The fourth-order valence-electron chi connectivity index (χ4n) is 4.16. The lowest BCUT2D eigenvalue weighted by molar-refractivity contribution is 0.222. The van der Waals surface area contributed by atoms with E-state index in [2.05, 4.69) is 97.8 Å². The molecule has 30 heavy (non-hydrogen) atoms. The number of hydrogen-bond donors (Lipinski definition) is 0. The molecule has 2 nitrogen and oxygen atoms in total. The van der Waals surface area contributed by atoms with E-state index in [1.807, 2.05) is 6.07 Å². The Bertz CT molecular complexity index is 993. The van der Waals surface area contributed by atoms with Crippen molar-refractivity contribution in [1.29, 1.82) is 0 Å². The average molecular weight is 398 g/mol. The quantitative estimate of drug-likeness (QED) is 0.457. The minimum absolute atomic E-state index is 0.526. The van der Waals surface area contributed by atoms with Gasteiger partial charge >= 0.3 is 0 Å². The van der Waals surface area contributed by atoms with Crippen molar-refractivity contribution < 1.29 is 4.74 Å². The number of nitrogens with zero attached hydrogens (tertiary/aromatic N) is 1. The topological polar surface area (TPSA) is 12.5 Å². The maximum Gasteiger partial charge on any atom is 0.127 e. The van der Waals surface area contributed by atoms with Crippen molar-refractivity contribution in [3.8, 4) is 16.9 Å². The summed E-state index contributed by atoms with van der Waals surface area (Å²) in [5, 5.41) is 0. The molecule has 0 saturated carbocycles. The second-order valence-corrected chi connectivity index (χ2v) is 8.26. The zero-order valence-corrected chi connectivity index (χ0v) is 18.1. The zero-order valence-electron chi connectivity index (χ0n) is 18.1. The van der Waals surface area contributed by atoms with Crippen LogP contribution < -0.4 is 4.74 Å². The third-order valence-electron chi connectivity index (χ3n) is 5.95. The van der Waals surface area contributed by atoms with Gasteiger partial charge in [-0.15, -0.1) is 0 Å². The smallest absolute Gasteiger partial charge is 0.127 e. The summed E-state index contributed by atoms with van der Waals surface area (Å²) in [5.74, 6) is 0.931. The van der Waals surface area contributed by atoms with Gasteiger partial charge in [-0.1, -0.05) is 84.8 Å². The highest BCUT2D eigenvalue weighted by Gasteiger charge is 2.16. The zero-order chi connectivity index (χ0) is 20.8. The van der Waals surface area contributed by atoms with Gasteiger partial charge in [-0.2, -0.15) is 0 Å². The van der Waals surface area contributed by atoms with E-state index in [1.54, 1.807) is 0 Å². The Morgan fingerprint density at radius 3 is 2.57 bits per heavy atom. The minimum Gasteiger partial charge on any atom is -0.488 e. The first kappa shape index (κ1) is 20.4. The molecule has 1 fully saturated rings. The van der Waals surface area contributed by atoms with E-state index >= 15 is 0 Å². The predicted molar refractivity (Wildman–Crippen MR) is 127 cm³/mol. The summed E-state index contributed by atoms with van der Waals surface area (Å²) >= 11 is 0. The van der Waals surface area contributed by atoms with Crippen molar-refractivity contribution in [2.75, 3.05) is 13.6 Å². The normalized spacial score (nSPS) is 17.3. The fraction of sp³-hybridized carbons (Fsp3) is 0.286. The number of piperidine rings is 1. The predicted octanol–water partition coefficient (Wildman–Crippen LogP) is 6.74. The number of hydrogen-bond acceptors (Lipinski definition) is 2. The van der Waals surface area contributed by atoms with E-state index in [0.29, 0.717) is 12.6 Å². The Balaban J connectivity index is 1.63. The van der Waals surface area contributed by atoms with Crippen LogP contribution in [0.15, 0.2) is 78.9 Å². The van der Waals surface area contributed by atoms with E-state index in [0.717, 1.165) is 11.3 Å². The number of aryl methyl sites for hydroxylation is 1. The summed E-state index contributed by atoms with van der Waals surface area (Å²) in [7, 11) is 2.23. The SMILES string of the molecule is Cc1ccc(OCc2ccccc2)c(-c2ccccc2C=CC2CCCCN2C)c1. The molecule has 2 heteroatoms. The first-order valence-electron chi connectivity index (χ1n) is 11.0. The van der Waals surface area contributed by atoms with Crippen LogP contribution in [0.25, 0.3) is 17.2 Å². The van der Waals surface area contributed by atoms with Crippen molar-refractivity contribution in [1.82, 2.24) is 4.90 Å². The molecule has 154 valence electrons. The van der Waals surface area contributed by atoms with Gasteiger partial charge in [0.2, 0.25) is 0 Å². The largest absolute Gasteiger partial charge is 0.488 e. The lowest BCUT2D eigenvalue weighted by Gasteiger charge is -2.30. The summed E-state index contributed by atoms with van der Waals surface area (Å²) in [6.07, 6.45) is 8.54. The van der Waals surface area contributed by atoms with Crippen molar-refractivity contribution in [2.45, 2.75) is 38.8 Å². The van der Waals surface area contributed by atoms with Gasteiger partial charge in [-0.3, -0.25) is 4.90 Å². The van der Waals surface area contributed by atoms with E-state index in [4.69, 9.17) is 4.74 Å². The van der Waals surface area contributed by atoms with E-state index in [9.17, 15) is 0 Å². The third-order valence-corrected chi connectivity index (χ3v) is 5.95. The number of ether oxygens (including phenoxy) is 1. The third kappa shape index (κ3) is 5.01. The molecule has 0 spiro atoms. The van der Waals surface area contributed by atoms with Gasteiger partial charge in [0.05, 0.1) is 0 Å². The highest BCUT2D eigenvalue weighted by Crippen LogP contribution is 2.34.